The van der Waals surface area contributed by atoms with Crippen molar-refractivity contribution in [2.75, 3.05) is 0 Å². The SMILES string of the molecule is c1cc(-c2ncc[nH]2)cc(-c2cc3cc(-c4ncc[nH]4)ccc3o2)c1. The minimum Gasteiger partial charge on any atom is -0.456 e. The van der Waals surface area contributed by atoms with Gasteiger partial charge in [0.1, 0.15) is 23.0 Å². The van der Waals surface area contributed by atoms with Crippen molar-refractivity contribution in [3.05, 3.63) is 73.3 Å². The molecule has 0 bridgehead atoms. The molecule has 120 valence electrons. The summed E-state index contributed by atoms with van der Waals surface area (Å²) in [5.41, 5.74) is 3.94. The van der Waals surface area contributed by atoms with E-state index in [9.17, 15) is 0 Å². The largest absolute Gasteiger partial charge is 0.456 e. The Labute approximate surface area is 143 Å². The molecule has 5 nitrogen and oxygen atoms in total. The molecule has 0 atom stereocenters. The summed E-state index contributed by atoms with van der Waals surface area (Å²) in [6, 6.07) is 16.3. The third-order valence-electron chi connectivity index (χ3n) is 4.21. The second kappa shape index (κ2) is 5.49. The van der Waals surface area contributed by atoms with Gasteiger partial charge in [0.2, 0.25) is 0 Å². The minimum absolute atomic E-state index is 0.833. The Hall–Kier alpha value is -3.60. The van der Waals surface area contributed by atoms with Crippen LogP contribution in [0.15, 0.2) is 77.7 Å². The molecule has 5 rings (SSSR count). The fourth-order valence-electron chi connectivity index (χ4n) is 3.00. The van der Waals surface area contributed by atoms with Gasteiger partial charge in [-0.2, -0.15) is 0 Å². The summed E-state index contributed by atoms with van der Waals surface area (Å²) in [7, 11) is 0. The van der Waals surface area contributed by atoms with Crippen LogP contribution in [0.3, 0.4) is 0 Å². The van der Waals surface area contributed by atoms with Crippen LogP contribution in [-0.4, -0.2) is 19.9 Å². The number of imidazole rings is 2. The quantitative estimate of drug-likeness (QED) is 0.496. The van der Waals surface area contributed by atoms with Gasteiger partial charge >= 0.3 is 0 Å². The van der Waals surface area contributed by atoms with E-state index in [1.54, 1.807) is 12.4 Å². The van der Waals surface area contributed by atoms with E-state index in [1.807, 2.05) is 42.7 Å². The van der Waals surface area contributed by atoms with Crippen molar-refractivity contribution in [3.8, 4) is 34.1 Å². The zero-order valence-electron chi connectivity index (χ0n) is 13.2. The van der Waals surface area contributed by atoms with Crippen LogP contribution in [-0.2, 0) is 0 Å². The number of fused-ring (bicyclic) bond motifs is 1. The highest BCUT2D eigenvalue weighted by Gasteiger charge is 2.10. The number of H-pyrrole nitrogens is 2. The first-order valence-corrected chi connectivity index (χ1v) is 8.00. The predicted molar refractivity (Wildman–Crippen MR) is 96.8 cm³/mol. The highest BCUT2D eigenvalue weighted by Crippen LogP contribution is 2.31. The first-order valence-electron chi connectivity index (χ1n) is 8.00. The zero-order chi connectivity index (χ0) is 16.6. The molecule has 0 unspecified atom stereocenters. The average molecular weight is 326 g/mol. The molecule has 0 aliphatic carbocycles. The van der Waals surface area contributed by atoms with Crippen molar-refractivity contribution in [1.29, 1.82) is 0 Å². The van der Waals surface area contributed by atoms with E-state index < -0.39 is 0 Å². The molecule has 5 aromatic rings. The number of rotatable bonds is 3. The van der Waals surface area contributed by atoms with E-state index >= 15 is 0 Å². The van der Waals surface area contributed by atoms with Crippen LogP contribution in [0, 0.1) is 0 Å². The normalized spacial score (nSPS) is 11.2. The molecule has 0 aliphatic rings. The van der Waals surface area contributed by atoms with Gasteiger partial charge in [0.05, 0.1) is 0 Å². The number of hydrogen-bond acceptors (Lipinski definition) is 3. The number of benzene rings is 2. The smallest absolute Gasteiger partial charge is 0.137 e. The fourth-order valence-corrected chi connectivity index (χ4v) is 3.00. The first-order chi connectivity index (χ1) is 12.4. The van der Waals surface area contributed by atoms with E-state index in [1.165, 1.54) is 0 Å². The Morgan fingerprint density at radius 2 is 1.44 bits per heavy atom. The van der Waals surface area contributed by atoms with E-state index in [0.717, 1.165) is 45.1 Å². The van der Waals surface area contributed by atoms with Crippen LogP contribution in [0.5, 0.6) is 0 Å². The van der Waals surface area contributed by atoms with E-state index in [4.69, 9.17) is 4.42 Å². The van der Waals surface area contributed by atoms with Gasteiger partial charge in [0.15, 0.2) is 0 Å². The lowest BCUT2D eigenvalue weighted by atomic mass is 10.1. The Kier molecular flexibility index (Phi) is 3.03. The molecule has 0 spiro atoms. The molecule has 0 radical (unpaired) electrons. The topological polar surface area (TPSA) is 70.5 Å². The summed E-state index contributed by atoms with van der Waals surface area (Å²) in [6.45, 7) is 0. The van der Waals surface area contributed by atoms with Crippen LogP contribution >= 0.6 is 0 Å². The van der Waals surface area contributed by atoms with Crippen LogP contribution in [0.2, 0.25) is 0 Å². The fraction of sp³-hybridized carbons (Fsp3) is 0. The van der Waals surface area contributed by atoms with Gasteiger partial charge in [-0.1, -0.05) is 18.2 Å². The lowest BCUT2D eigenvalue weighted by molar-refractivity contribution is 0.631. The maximum absolute atomic E-state index is 6.04. The number of nitrogens with one attached hydrogen (secondary N) is 2. The van der Waals surface area contributed by atoms with Crippen LogP contribution < -0.4 is 0 Å². The van der Waals surface area contributed by atoms with Gasteiger partial charge in [-0.3, -0.25) is 0 Å². The second-order valence-electron chi connectivity index (χ2n) is 5.82. The standard InChI is InChI=1S/C20H14N4O/c1-2-13(10-14(3-1)19-21-6-7-22-19)18-12-16-11-15(4-5-17(16)25-18)20-23-8-9-24-20/h1-12H,(H,21,22)(H,23,24). The molecule has 25 heavy (non-hydrogen) atoms. The molecule has 3 aromatic heterocycles. The Morgan fingerprint density at radius 1 is 0.720 bits per heavy atom. The molecule has 0 saturated carbocycles. The third-order valence-corrected chi connectivity index (χ3v) is 4.21. The first kappa shape index (κ1) is 13.8. The number of furan rings is 1. The van der Waals surface area contributed by atoms with Gasteiger partial charge in [-0.25, -0.2) is 9.97 Å². The molecule has 0 saturated heterocycles. The van der Waals surface area contributed by atoms with E-state index in [2.05, 4.69) is 38.1 Å². The molecular weight excluding hydrogens is 312 g/mol. The average Bonchev–Trinajstić information content (AvgIpc) is 3.42. The summed E-state index contributed by atoms with van der Waals surface area (Å²) in [5.74, 6) is 2.53. The molecular formula is C20H14N4O. The summed E-state index contributed by atoms with van der Waals surface area (Å²) in [6.07, 6.45) is 7.14. The number of aromatic amines is 2. The Bertz CT molecular complexity index is 1140. The highest BCUT2D eigenvalue weighted by atomic mass is 16.3. The minimum atomic E-state index is 0.833. The Morgan fingerprint density at radius 3 is 2.16 bits per heavy atom. The van der Waals surface area contributed by atoms with Crippen molar-refractivity contribution in [3.63, 3.8) is 0 Å². The van der Waals surface area contributed by atoms with Gasteiger partial charge in [-0.05, 0) is 30.3 Å². The lowest BCUT2D eigenvalue weighted by Crippen LogP contribution is -1.81. The molecule has 0 amide bonds. The van der Waals surface area contributed by atoms with Gasteiger partial charge < -0.3 is 14.4 Å². The molecule has 5 heteroatoms. The van der Waals surface area contributed by atoms with Gasteiger partial charge in [0, 0.05) is 46.9 Å². The van der Waals surface area contributed by atoms with Crippen molar-refractivity contribution < 1.29 is 4.42 Å². The van der Waals surface area contributed by atoms with Gasteiger partial charge in [-0.15, -0.1) is 0 Å². The van der Waals surface area contributed by atoms with Crippen molar-refractivity contribution >= 4 is 11.0 Å². The number of hydrogen-bond donors (Lipinski definition) is 2. The molecule has 3 heterocycles. The van der Waals surface area contributed by atoms with Crippen LogP contribution in [0.4, 0.5) is 0 Å². The number of nitrogens with zero attached hydrogens (tertiary/aromatic N) is 2. The van der Waals surface area contributed by atoms with Gasteiger partial charge in [0.25, 0.3) is 0 Å². The van der Waals surface area contributed by atoms with Crippen molar-refractivity contribution in [1.82, 2.24) is 19.9 Å². The summed E-state index contributed by atoms with van der Waals surface area (Å²) in [5, 5.41) is 1.05. The summed E-state index contributed by atoms with van der Waals surface area (Å²) < 4.78 is 6.04. The monoisotopic (exact) mass is 326 g/mol. The maximum Gasteiger partial charge on any atom is 0.137 e. The number of aromatic nitrogens is 4. The van der Waals surface area contributed by atoms with Crippen LogP contribution in [0.25, 0.3) is 45.1 Å². The lowest BCUT2D eigenvalue weighted by Gasteiger charge is -2.00. The molecule has 0 aliphatic heterocycles. The molecule has 2 N–H and O–H groups in total. The zero-order valence-corrected chi connectivity index (χ0v) is 13.2. The molecule has 2 aromatic carbocycles. The van der Waals surface area contributed by atoms with Crippen molar-refractivity contribution in [2.24, 2.45) is 0 Å². The highest BCUT2D eigenvalue weighted by molar-refractivity contribution is 5.86. The predicted octanol–water partition coefficient (Wildman–Crippen LogP) is 4.88. The van der Waals surface area contributed by atoms with Crippen LogP contribution in [0.1, 0.15) is 0 Å². The summed E-state index contributed by atoms with van der Waals surface area (Å²) >= 11 is 0. The summed E-state index contributed by atoms with van der Waals surface area (Å²) in [4.78, 5) is 14.9. The van der Waals surface area contributed by atoms with E-state index in [0.29, 0.717) is 0 Å². The Balaban J connectivity index is 1.58. The maximum atomic E-state index is 6.04. The van der Waals surface area contributed by atoms with E-state index in [-0.39, 0.29) is 0 Å². The molecule has 0 fully saturated rings. The van der Waals surface area contributed by atoms with Crippen molar-refractivity contribution in [2.45, 2.75) is 0 Å². The second-order valence-corrected chi connectivity index (χ2v) is 5.82. The third kappa shape index (κ3) is 2.42.